The van der Waals surface area contributed by atoms with E-state index >= 15 is 0 Å². The Morgan fingerprint density at radius 1 is 1.18 bits per heavy atom. The minimum atomic E-state index is -3.33. The number of hydrogen-bond donors (Lipinski definition) is 3. The molecule has 4 rings (SSSR count). The smallest absolute Gasteiger partial charge is 0.258 e. The highest BCUT2D eigenvalue weighted by Gasteiger charge is 2.17. The van der Waals surface area contributed by atoms with Gasteiger partial charge in [-0.3, -0.25) is 9.52 Å². The molecule has 0 radical (unpaired) electrons. The van der Waals surface area contributed by atoms with Crippen molar-refractivity contribution >= 4 is 66.7 Å². The molecule has 2 aromatic carbocycles. The average Bonchev–Trinajstić information content (AvgIpc) is 3.06. The highest BCUT2D eigenvalue weighted by Crippen LogP contribution is 2.34. The third-order valence-corrected chi connectivity index (χ3v) is 6.50. The first-order chi connectivity index (χ1) is 15.6. The molecule has 0 spiro atoms. The Bertz CT molecular complexity index is 1570. The van der Waals surface area contributed by atoms with Gasteiger partial charge in [0, 0.05) is 25.4 Å². The normalized spacial score (nSPS) is 12.2. The first-order valence-electron chi connectivity index (χ1n) is 9.91. The molecule has 0 bridgehead atoms. The quantitative estimate of drug-likeness (QED) is 0.360. The summed E-state index contributed by atoms with van der Waals surface area (Å²) in [4.78, 5) is 20.6. The van der Waals surface area contributed by atoms with Crippen LogP contribution >= 0.6 is 23.2 Å². The van der Waals surface area contributed by atoms with Crippen LogP contribution in [0.2, 0.25) is 10.0 Å². The summed E-state index contributed by atoms with van der Waals surface area (Å²) in [6, 6.07) is 8.93. The van der Waals surface area contributed by atoms with Crippen LogP contribution in [0.15, 0.2) is 47.4 Å². The van der Waals surface area contributed by atoms with E-state index in [0.717, 1.165) is 17.2 Å². The number of para-hydroxylation sites is 1. The lowest BCUT2D eigenvalue weighted by atomic mass is 10.0. The molecule has 8 nitrogen and oxygen atoms in total. The zero-order chi connectivity index (χ0) is 23.9. The van der Waals surface area contributed by atoms with Gasteiger partial charge >= 0.3 is 0 Å². The average molecular weight is 506 g/mol. The summed E-state index contributed by atoms with van der Waals surface area (Å²) in [5.41, 5.74) is 3.17. The van der Waals surface area contributed by atoms with E-state index in [4.69, 9.17) is 23.2 Å². The monoisotopic (exact) mass is 505 g/mol. The Labute approximate surface area is 200 Å². The number of sulfonamides is 1. The summed E-state index contributed by atoms with van der Waals surface area (Å²) < 4.78 is 26.5. The predicted molar refractivity (Wildman–Crippen MR) is 134 cm³/mol. The number of aromatic amines is 1. The minimum Gasteiger partial charge on any atom is -0.325 e. The van der Waals surface area contributed by atoms with Crippen LogP contribution in [-0.4, -0.2) is 29.2 Å². The summed E-state index contributed by atoms with van der Waals surface area (Å²) in [5.74, 6) is 0.489. The van der Waals surface area contributed by atoms with Crippen LogP contribution in [0.25, 0.3) is 21.8 Å². The van der Waals surface area contributed by atoms with Gasteiger partial charge < -0.3 is 14.9 Å². The highest BCUT2D eigenvalue weighted by molar-refractivity contribution is 7.88. The number of benzene rings is 2. The van der Waals surface area contributed by atoms with Crippen molar-refractivity contribution in [1.82, 2.24) is 19.3 Å². The number of fused-ring (bicyclic) bond motifs is 3. The molecule has 2 heterocycles. The number of halogens is 2. The standard InChI is InChI=1S/C22H21Cl2N5O3S/c1-12-13-9-10-17-20(18(13)21(30)26-16(12)8-5-11-25-33(3,31)32)29(2)22(27-17)28-19-14(23)6-4-7-15(19)24/h4-7,9-11,25H,8H2,1-3H3,(H,26,30)(H,27,28)/b11-5+. The fraction of sp³-hybridized carbons (Fsp3) is 0.182. The number of aromatic nitrogens is 3. The van der Waals surface area contributed by atoms with Crippen LogP contribution < -0.4 is 15.6 Å². The molecular weight excluding hydrogens is 485 g/mol. The molecule has 0 aliphatic heterocycles. The molecule has 4 aromatic rings. The number of rotatable bonds is 6. The van der Waals surface area contributed by atoms with Gasteiger partial charge in [0.2, 0.25) is 16.0 Å². The van der Waals surface area contributed by atoms with Crippen LogP contribution in [-0.2, 0) is 23.5 Å². The van der Waals surface area contributed by atoms with Gasteiger partial charge in [0.25, 0.3) is 5.56 Å². The molecule has 33 heavy (non-hydrogen) atoms. The third kappa shape index (κ3) is 4.57. The molecule has 0 aliphatic carbocycles. The van der Waals surface area contributed by atoms with Gasteiger partial charge in [-0.25, -0.2) is 13.4 Å². The Morgan fingerprint density at radius 2 is 1.88 bits per heavy atom. The Hall–Kier alpha value is -3.01. The van der Waals surface area contributed by atoms with Gasteiger partial charge in [-0.15, -0.1) is 0 Å². The molecule has 0 amide bonds. The number of pyridine rings is 1. The Balaban J connectivity index is 1.80. The van der Waals surface area contributed by atoms with Crippen LogP contribution in [0, 0.1) is 6.92 Å². The lowest BCUT2D eigenvalue weighted by molar-refractivity contribution is 0.596. The number of imidazole rings is 1. The number of hydrogen-bond acceptors (Lipinski definition) is 5. The fourth-order valence-corrected chi connectivity index (χ4v) is 4.53. The maximum absolute atomic E-state index is 13.1. The molecule has 0 fully saturated rings. The Kier molecular flexibility index (Phi) is 6.13. The first-order valence-corrected chi connectivity index (χ1v) is 12.6. The minimum absolute atomic E-state index is 0.258. The maximum atomic E-state index is 13.1. The molecule has 0 atom stereocenters. The van der Waals surface area contributed by atoms with Crippen molar-refractivity contribution < 1.29 is 8.42 Å². The number of allylic oxidation sites excluding steroid dienone is 1. The molecule has 3 N–H and O–H groups in total. The maximum Gasteiger partial charge on any atom is 0.258 e. The molecule has 0 aliphatic rings. The fourth-order valence-electron chi connectivity index (χ4n) is 3.70. The third-order valence-electron chi connectivity index (χ3n) is 5.31. The van der Waals surface area contributed by atoms with Crippen LogP contribution in [0.4, 0.5) is 11.6 Å². The number of nitrogens with zero attached hydrogens (tertiary/aromatic N) is 2. The van der Waals surface area contributed by atoms with Crippen molar-refractivity contribution in [3.05, 3.63) is 74.3 Å². The zero-order valence-electron chi connectivity index (χ0n) is 18.0. The molecule has 0 unspecified atom stereocenters. The zero-order valence-corrected chi connectivity index (χ0v) is 20.4. The van der Waals surface area contributed by atoms with E-state index in [0.29, 0.717) is 50.2 Å². The summed E-state index contributed by atoms with van der Waals surface area (Å²) >= 11 is 12.6. The highest BCUT2D eigenvalue weighted by atomic mass is 35.5. The van der Waals surface area contributed by atoms with Crippen molar-refractivity contribution in [2.24, 2.45) is 7.05 Å². The second-order valence-corrected chi connectivity index (χ2v) is 10.2. The van der Waals surface area contributed by atoms with Gasteiger partial charge in [-0.2, -0.15) is 0 Å². The second-order valence-electron chi connectivity index (χ2n) is 7.63. The van der Waals surface area contributed by atoms with Gasteiger partial charge in [0.05, 0.1) is 38.4 Å². The topological polar surface area (TPSA) is 109 Å². The lowest BCUT2D eigenvalue weighted by Gasteiger charge is -2.11. The summed E-state index contributed by atoms with van der Waals surface area (Å²) in [7, 11) is -1.52. The number of nitrogens with one attached hydrogen (secondary N) is 3. The predicted octanol–water partition coefficient (Wildman–Crippen LogP) is 4.38. The molecule has 11 heteroatoms. The summed E-state index contributed by atoms with van der Waals surface area (Å²) in [5, 5.41) is 5.38. The summed E-state index contributed by atoms with van der Waals surface area (Å²) in [6.45, 7) is 1.91. The Morgan fingerprint density at radius 3 is 2.55 bits per heavy atom. The van der Waals surface area contributed by atoms with E-state index in [1.807, 2.05) is 26.1 Å². The van der Waals surface area contributed by atoms with Crippen LogP contribution in [0.3, 0.4) is 0 Å². The van der Waals surface area contributed by atoms with Crippen molar-refractivity contribution in [2.45, 2.75) is 13.3 Å². The molecule has 0 saturated carbocycles. The van der Waals surface area contributed by atoms with Crippen LogP contribution in [0.1, 0.15) is 11.3 Å². The van der Waals surface area contributed by atoms with Crippen molar-refractivity contribution in [2.75, 3.05) is 11.6 Å². The number of anilines is 2. The molecule has 0 saturated heterocycles. The molecule has 2 aromatic heterocycles. The number of H-pyrrole nitrogens is 1. The van der Waals surface area contributed by atoms with Crippen LogP contribution in [0.5, 0.6) is 0 Å². The van der Waals surface area contributed by atoms with E-state index in [2.05, 4.69) is 20.0 Å². The van der Waals surface area contributed by atoms with E-state index < -0.39 is 10.0 Å². The van der Waals surface area contributed by atoms with E-state index in [9.17, 15) is 13.2 Å². The largest absolute Gasteiger partial charge is 0.325 e. The van der Waals surface area contributed by atoms with E-state index in [-0.39, 0.29) is 5.56 Å². The van der Waals surface area contributed by atoms with Crippen molar-refractivity contribution in [3.63, 3.8) is 0 Å². The summed E-state index contributed by atoms with van der Waals surface area (Å²) in [6.07, 6.45) is 4.42. The van der Waals surface area contributed by atoms with Crippen molar-refractivity contribution in [1.29, 1.82) is 0 Å². The first kappa shape index (κ1) is 23.2. The SMILES string of the molecule is Cc1c(C/C=C/NS(C)(=O)=O)[nH]c(=O)c2c1ccc1nc(Nc3c(Cl)cccc3Cl)n(C)c12. The van der Waals surface area contributed by atoms with Crippen molar-refractivity contribution in [3.8, 4) is 0 Å². The van der Waals surface area contributed by atoms with E-state index in [1.165, 1.54) is 6.20 Å². The van der Waals surface area contributed by atoms with E-state index in [1.54, 1.807) is 28.8 Å². The van der Waals surface area contributed by atoms with Gasteiger partial charge in [0.1, 0.15) is 0 Å². The second kappa shape index (κ2) is 8.74. The number of aryl methyl sites for hydroxylation is 2. The van der Waals surface area contributed by atoms with Gasteiger partial charge in [-0.1, -0.05) is 41.4 Å². The lowest BCUT2D eigenvalue weighted by Crippen LogP contribution is -2.15. The molecular formula is C22H21Cl2N5O3S. The van der Waals surface area contributed by atoms with Gasteiger partial charge in [0.15, 0.2) is 0 Å². The van der Waals surface area contributed by atoms with Gasteiger partial charge in [-0.05, 0) is 36.1 Å². The molecule has 172 valence electrons.